The van der Waals surface area contributed by atoms with Gasteiger partial charge in [0.15, 0.2) is 0 Å². The second-order valence-corrected chi connectivity index (χ2v) is 9.69. The van der Waals surface area contributed by atoms with E-state index in [4.69, 9.17) is 0 Å². The van der Waals surface area contributed by atoms with Crippen molar-refractivity contribution in [3.05, 3.63) is 48.2 Å². The van der Waals surface area contributed by atoms with Crippen molar-refractivity contribution in [3.63, 3.8) is 0 Å². The van der Waals surface area contributed by atoms with Crippen molar-refractivity contribution in [1.29, 1.82) is 0 Å². The second-order valence-electron chi connectivity index (χ2n) is 9.69. The number of piperidine rings is 1. The van der Waals surface area contributed by atoms with E-state index in [-0.39, 0.29) is 29.6 Å². The lowest BCUT2D eigenvalue weighted by molar-refractivity contribution is -0.135. The molecule has 35 heavy (non-hydrogen) atoms. The van der Waals surface area contributed by atoms with Gasteiger partial charge in [0, 0.05) is 55.2 Å². The Morgan fingerprint density at radius 3 is 2.89 bits per heavy atom. The number of aromatic amines is 1. The van der Waals surface area contributed by atoms with Gasteiger partial charge in [0.2, 0.25) is 5.91 Å². The molecular weight excluding hydrogens is 442 g/mol. The Balaban J connectivity index is 1.55. The summed E-state index contributed by atoms with van der Waals surface area (Å²) >= 11 is 0. The first kappa shape index (κ1) is 25.1. The van der Waals surface area contributed by atoms with Crippen LogP contribution in [0.25, 0.3) is 10.9 Å². The van der Waals surface area contributed by atoms with E-state index in [9.17, 15) is 14.4 Å². The molecule has 8 heteroatoms. The smallest absolute Gasteiger partial charge is 0.324 e. The van der Waals surface area contributed by atoms with Crippen molar-refractivity contribution in [2.24, 2.45) is 5.92 Å². The topological polar surface area (TPSA) is 97.5 Å². The summed E-state index contributed by atoms with van der Waals surface area (Å²) < 4.78 is 0. The van der Waals surface area contributed by atoms with Crippen molar-refractivity contribution < 1.29 is 14.4 Å². The Labute approximate surface area is 207 Å². The molecular formula is C27H37N5O3. The van der Waals surface area contributed by atoms with Gasteiger partial charge < -0.3 is 15.6 Å². The van der Waals surface area contributed by atoms with Crippen molar-refractivity contribution in [2.45, 2.75) is 45.1 Å². The molecule has 3 N–H and O–H groups in total. The minimum absolute atomic E-state index is 0.0637. The van der Waals surface area contributed by atoms with Crippen LogP contribution in [-0.2, 0) is 16.0 Å². The summed E-state index contributed by atoms with van der Waals surface area (Å²) in [5.41, 5.74) is 3.76. The van der Waals surface area contributed by atoms with Crippen LogP contribution in [0.15, 0.2) is 37.1 Å². The maximum Gasteiger partial charge on any atom is 0.324 e. The van der Waals surface area contributed by atoms with Gasteiger partial charge in [-0.05, 0) is 56.8 Å². The van der Waals surface area contributed by atoms with Gasteiger partial charge in [-0.3, -0.25) is 19.4 Å². The molecule has 1 fully saturated rings. The van der Waals surface area contributed by atoms with E-state index in [0.29, 0.717) is 51.7 Å². The van der Waals surface area contributed by atoms with E-state index in [2.05, 4.69) is 51.5 Å². The van der Waals surface area contributed by atoms with Crippen LogP contribution in [0.2, 0.25) is 0 Å². The molecule has 0 radical (unpaired) electrons. The molecule has 2 heterocycles. The molecule has 4 rings (SSSR count). The number of Topliss-reactive ketones (excluding diaryl/α,β-unsaturated/α-hetero) is 1. The fourth-order valence-electron chi connectivity index (χ4n) is 5.76. The van der Waals surface area contributed by atoms with Crippen molar-refractivity contribution in [3.8, 4) is 0 Å². The van der Waals surface area contributed by atoms with E-state index in [1.54, 1.807) is 0 Å². The number of fused-ring (bicyclic) bond motifs is 2. The summed E-state index contributed by atoms with van der Waals surface area (Å²) in [5.74, 6) is -0.117. The lowest BCUT2D eigenvalue weighted by Gasteiger charge is -2.47. The van der Waals surface area contributed by atoms with Crippen molar-refractivity contribution in [1.82, 2.24) is 25.4 Å². The van der Waals surface area contributed by atoms with Crippen LogP contribution >= 0.6 is 0 Å². The summed E-state index contributed by atoms with van der Waals surface area (Å²) in [6, 6.07) is 6.34. The molecule has 188 valence electrons. The quantitative estimate of drug-likeness (QED) is 0.360. The standard InChI is InChI=1S/C27H37N5O3/c1-4-11-31-17-20(26(34)32(27(35)29-5-2)12-7-10-28-15-18(3)33)13-22-21-8-6-9-23-25(21)19(16-30-23)14-24(22)31/h4,6,8-9,16,20,22,24,28,30H,1,5,7,10-15,17H2,2-3H3,(H,29,35)/t20-,22?,24-/m1/s1. The maximum atomic E-state index is 13.8. The van der Waals surface area contributed by atoms with E-state index in [0.717, 1.165) is 18.4 Å². The van der Waals surface area contributed by atoms with E-state index >= 15 is 0 Å². The Hall–Kier alpha value is -2.97. The van der Waals surface area contributed by atoms with Crippen LogP contribution in [0.3, 0.4) is 0 Å². The average molecular weight is 480 g/mol. The van der Waals surface area contributed by atoms with Crippen molar-refractivity contribution >= 4 is 28.6 Å². The lowest BCUT2D eigenvalue weighted by Crippen LogP contribution is -2.55. The summed E-state index contributed by atoms with van der Waals surface area (Å²) in [4.78, 5) is 45.0. The number of H-pyrrole nitrogens is 1. The van der Waals surface area contributed by atoms with Gasteiger partial charge in [-0.1, -0.05) is 18.2 Å². The first-order chi connectivity index (χ1) is 16.9. The molecule has 2 aliphatic rings. The van der Waals surface area contributed by atoms with Crippen molar-refractivity contribution in [2.75, 3.05) is 39.3 Å². The summed E-state index contributed by atoms with van der Waals surface area (Å²) in [6.45, 7) is 10.3. The number of nitrogens with one attached hydrogen (secondary N) is 3. The average Bonchev–Trinajstić information content (AvgIpc) is 3.25. The van der Waals surface area contributed by atoms with Gasteiger partial charge in [-0.15, -0.1) is 6.58 Å². The minimum Gasteiger partial charge on any atom is -0.361 e. The number of aromatic nitrogens is 1. The third-order valence-corrected chi connectivity index (χ3v) is 7.24. The molecule has 1 saturated heterocycles. The van der Waals surface area contributed by atoms with Crippen LogP contribution in [0, 0.1) is 5.92 Å². The number of imide groups is 1. The highest BCUT2D eigenvalue weighted by atomic mass is 16.2. The van der Waals surface area contributed by atoms with Gasteiger partial charge in [0.25, 0.3) is 0 Å². The first-order valence-corrected chi connectivity index (χ1v) is 12.7. The molecule has 1 aromatic heterocycles. The number of hydrogen-bond acceptors (Lipinski definition) is 5. The van der Waals surface area contributed by atoms with Gasteiger partial charge in [0.05, 0.1) is 12.5 Å². The molecule has 3 atom stereocenters. The summed E-state index contributed by atoms with van der Waals surface area (Å²) in [5, 5.41) is 7.16. The molecule has 3 amide bonds. The fraction of sp³-hybridized carbons (Fsp3) is 0.519. The number of nitrogens with zero attached hydrogens (tertiary/aromatic N) is 2. The molecule has 1 aliphatic heterocycles. The highest BCUT2D eigenvalue weighted by Gasteiger charge is 2.43. The molecule has 1 aliphatic carbocycles. The largest absolute Gasteiger partial charge is 0.361 e. The van der Waals surface area contributed by atoms with E-state index < -0.39 is 0 Å². The number of likely N-dealkylation sites (tertiary alicyclic amines) is 1. The summed E-state index contributed by atoms with van der Waals surface area (Å²) in [7, 11) is 0. The number of urea groups is 1. The number of amides is 3. The number of carbonyl (C=O) groups excluding carboxylic acids is 3. The molecule has 8 nitrogen and oxygen atoms in total. The maximum absolute atomic E-state index is 13.8. The zero-order valence-corrected chi connectivity index (χ0v) is 20.8. The fourth-order valence-corrected chi connectivity index (χ4v) is 5.76. The number of hydrogen-bond donors (Lipinski definition) is 3. The third kappa shape index (κ3) is 5.33. The number of rotatable bonds is 10. The molecule has 0 spiro atoms. The van der Waals surface area contributed by atoms with E-state index in [1.165, 1.54) is 28.3 Å². The Kier molecular flexibility index (Phi) is 8.03. The first-order valence-electron chi connectivity index (χ1n) is 12.7. The zero-order chi connectivity index (χ0) is 24.9. The number of benzene rings is 1. The monoisotopic (exact) mass is 479 g/mol. The van der Waals surface area contributed by atoms with Crippen LogP contribution in [0.5, 0.6) is 0 Å². The molecule has 0 bridgehead atoms. The number of ketones is 1. The van der Waals surface area contributed by atoms with Crippen LogP contribution in [-0.4, -0.2) is 77.8 Å². The molecule has 2 aromatic rings. The normalized spacial score (nSPS) is 21.4. The highest BCUT2D eigenvalue weighted by molar-refractivity contribution is 5.96. The Bertz CT molecular complexity index is 1090. The predicted octanol–water partition coefficient (Wildman–Crippen LogP) is 2.81. The third-order valence-electron chi connectivity index (χ3n) is 7.24. The molecule has 1 aromatic carbocycles. The Morgan fingerprint density at radius 1 is 1.31 bits per heavy atom. The van der Waals surface area contributed by atoms with Crippen LogP contribution < -0.4 is 10.6 Å². The Morgan fingerprint density at radius 2 is 2.14 bits per heavy atom. The predicted molar refractivity (Wildman–Crippen MR) is 137 cm³/mol. The van der Waals surface area contributed by atoms with Gasteiger partial charge >= 0.3 is 6.03 Å². The SMILES string of the molecule is C=CCN1C[C@H](C(=O)N(CCCNCC(C)=O)C(=O)NCC)CC2c3cccc4[nH]cc(c34)C[C@H]21. The highest BCUT2D eigenvalue weighted by Crippen LogP contribution is 2.45. The lowest BCUT2D eigenvalue weighted by atomic mass is 9.72. The molecule has 1 unspecified atom stereocenters. The number of carbonyl (C=O) groups is 3. The summed E-state index contributed by atoms with van der Waals surface area (Å²) in [6.07, 6.45) is 6.28. The minimum atomic E-state index is -0.347. The van der Waals surface area contributed by atoms with Crippen LogP contribution in [0.4, 0.5) is 4.79 Å². The van der Waals surface area contributed by atoms with Gasteiger partial charge in [-0.2, -0.15) is 0 Å². The van der Waals surface area contributed by atoms with Gasteiger partial charge in [0.1, 0.15) is 5.78 Å². The molecule has 0 saturated carbocycles. The zero-order valence-electron chi connectivity index (χ0n) is 20.8. The second kappa shape index (κ2) is 11.2. The van der Waals surface area contributed by atoms with E-state index in [1.807, 2.05) is 13.0 Å². The van der Waals surface area contributed by atoms with Gasteiger partial charge in [-0.25, -0.2) is 4.79 Å². The van der Waals surface area contributed by atoms with Crippen LogP contribution in [0.1, 0.15) is 43.7 Å².